The number of amides is 1. The standard InChI is InChI=1S/C15H13N3O5/c1-23-13-6-9(11(18(21)22)7-12(13)19)14-16-10-5-3-2-4-8(10)15(20)17-14/h2-7,14,16,19H,1H3,(H,17,20)/t14-/m0/s1. The Labute approximate surface area is 130 Å². The third-order valence-electron chi connectivity index (χ3n) is 3.58. The molecule has 1 atom stereocenters. The van der Waals surface area contributed by atoms with E-state index in [4.69, 9.17) is 4.74 Å². The molecule has 0 saturated heterocycles. The summed E-state index contributed by atoms with van der Waals surface area (Å²) in [5.41, 5.74) is 0.896. The van der Waals surface area contributed by atoms with Crippen LogP contribution in [0.1, 0.15) is 22.1 Å². The molecule has 118 valence electrons. The summed E-state index contributed by atoms with van der Waals surface area (Å²) in [4.78, 5) is 22.8. The molecule has 3 rings (SSSR count). The summed E-state index contributed by atoms with van der Waals surface area (Å²) in [5.74, 6) is -0.600. The number of carbonyl (C=O) groups is 1. The number of anilines is 1. The van der Waals surface area contributed by atoms with Crippen molar-refractivity contribution in [1.82, 2.24) is 5.32 Å². The molecular formula is C15H13N3O5. The van der Waals surface area contributed by atoms with Crippen molar-refractivity contribution in [2.24, 2.45) is 0 Å². The molecule has 0 radical (unpaired) electrons. The number of methoxy groups -OCH3 is 1. The van der Waals surface area contributed by atoms with Gasteiger partial charge in [-0.05, 0) is 18.2 Å². The fraction of sp³-hybridized carbons (Fsp3) is 0.133. The summed E-state index contributed by atoms with van der Waals surface area (Å²) < 4.78 is 4.99. The summed E-state index contributed by atoms with van der Waals surface area (Å²) in [6.07, 6.45) is -0.813. The number of nitrogens with one attached hydrogen (secondary N) is 2. The Balaban J connectivity index is 2.09. The number of phenolic OH excluding ortho intramolecular Hbond substituents is 1. The Bertz CT molecular complexity index is 806. The molecule has 3 N–H and O–H groups in total. The molecule has 0 aliphatic carbocycles. The van der Waals surface area contributed by atoms with Gasteiger partial charge in [0.2, 0.25) is 0 Å². The highest BCUT2D eigenvalue weighted by molar-refractivity contribution is 6.01. The summed E-state index contributed by atoms with van der Waals surface area (Å²) in [7, 11) is 1.34. The number of nitrogens with zero attached hydrogens (tertiary/aromatic N) is 1. The fourth-order valence-corrected chi connectivity index (χ4v) is 2.49. The van der Waals surface area contributed by atoms with Crippen LogP contribution in [-0.4, -0.2) is 23.0 Å². The molecule has 1 heterocycles. The van der Waals surface area contributed by atoms with Crippen LogP contribution in [0.5, 0.6) is 11.5 Å². The van der Waals surface area contributed by atoms with E-state index in [2.05, 4.69) is 10.6 Å². The molecule has 2 aromatic carbocycles. The lowest BCUT2D eigenvalue weighted by Gasteiger charge is -2.28. The first-order valence-corrected chi connectivity index (χ1v) is 6.73. The normalized spacial score (nSPS) is 16.0. The van der Waals surface area contributed by atoms with Crippen LogP contribution in [0.25, 0.3) is 0 Å². The van der Waals surface area contributed by atoms with Gasteiger partial charge in [0.15, 0.2) is 11.5 Å². The lowest BCUT2D eigenvalue weighted by Crippen LogP contribution is -2.38. The van der Waals surface area contributed by atoms with E-state index < -0.39 is 11.1 Å². The van der Waals surface area contributed by atoms with Crippen molar-refractivity contribution in [3.05, 3.63) is 57.6 Å². The monoisotopic (exact) mass is 315 g/mol. The maximum absolute atomic E-state index is 12.2. The number of ether oxygens (including phenoxy) is 1. The van der Waals surface area contributed by atoms with Gasteiger partial charge in [-0.25, -0.2) is 0 Å². The van der Waals surface area contributed by atoms with Crippen LogP contribution in [0.4, 0.5) is 11.4 Å². The Morgan fingerprint density at radius 3 is 2.70 bits per heavy atom. The Morgan fingerprint density at radius 1 is 1.26 bits per heavy atom. The average molecular weight is 315 g/mol. The van der Waals surface area contributed by atoms with Crippen molar-refractivity contribution in [3.8, 4) is 11.5 Å². The first kappa shape index (κ1) is 14.6. The van der Waals surface area contributed by atoms with Gasteiger partial charge in [0.05, 0.1) is 29.2 Å². The number of nitro benzene ring substituents is 1. The third kappa shape index (κ3) is 2.50. The van der Waals surface area contributed by atoms with Crippen LogP contribution in [0.15, 0.2) is 36.4 Å². The maximum atomic E-state index is 12.2. The molecule has 1 aliphatic heterocycles. The van der Waals surface area contributed by atoms with E-state index in [1.807, 2.05) is 0 Å². The minimum atomic E-state index is -0.813. The molecule has 0 fully saturated rings. The van der Waals surface area contributed by atoms with Gasteiger partial charge >= 0.3 is 0 Å². The number of carbonyl (C=O) groups excluding carboxylic acids is 1. The molecule has 23 heavy (non-hydrogen) atoms. The number of benzene rings is 2. The van der Waals surface area contributed by atoms with Crippen molar-refractivity contribution in [3.63, 3.8) is 0 Å². The van der Waals surface area contributed by atoms with E-state index in [9.17, 15) is 20.0 Å². The number of para-hydroxylation sites is 1. The molecule has 0 saturated carbocycles. The minimum absolute atomic E-state index is 0.0838. The lowest BCUT2D eigenvalue weighted by atomic mass is 10.0. The van der Waals surface area contributed by atoms with Crippen molar-refractivity contribution in [1.29, 1.82) is 0 Å². The molecule has 0 unspecified atom stereocenters. The number of phenols is 1. The highest BCUT2D eigenvalue weighted by Gasteiger charge is 2.30. The largest absolute Gasteiger partial charge is 0.504 e. The highest BCUT2D eigenvalue weighted by atomic mass is 16.6. The van der Waals surface area contributed by atoms with Gasteiger partial charge in [0.25, 0.3) is 11.6 Å². The van der Waals surface area contributed by atoms with Gasteiger partial charge in [-0.3, -0.25) is 14.9 Å². The lowest BCUT2D eigenvalue weighted by molar-refractivity contribution is -0.385. The minimum Gasteiger partial charge on any atom is -0.504 e. The van der Waals surface area contributed by atoms with E-state index in [-0.39, 0.29) is 28.7 Å². The predicted molar refractivity (Wildman–Crippen MR) is 81.6 cm³/mol. The van der Waals surface area contributed by atoms with Crippen LogP contribution >= 0.6 is 0 Å². The highest BCUT2D eigenvalue weighted by Crippen LogP contribution is 2.38. The van der Waals surface area contributed by atoms with Crippen molar-refractivity contribution < 1.29 is 19.6 Å². The number of nitro groups is 1. The first-order chi connectivity index (χ1) is 11.0. The Kier molecular flexibility index (Phi) is 3.49. The SMILES string of the molecule is COc1cc([C@@H]2NC(=O)c3ccccc3N2)c([N+](=O)[O-])cc1O. The molecule has 1 amide bonds. The molecule has 0 aromatic heterocycles. The number of hydrogen-bond acceptors (Lipinski definition) is 6. The maximum Gasteiger partial charge on any atom is 0.280 e. The molecule has 0 spiro atoms. The second-order valence-corrected chi connectivity index (χ2v) is 4.94. The zero-order valence-electron chi connectivity index (χ0n) is 12.1. The van der Waals surface area contributed by atoms with Crippen LogP contribution in [0.2, 0.25) is 0 Å². The number of fused-ring (bicyclic) bond motifs is 1. The second kappa shape index (κ2) is 5.48. The smallest absolute Gasteiger partial charge is 0.280 e. The molecule has 1 aliphatic rings. The Morgan fingerprint density at radius 2 is 2.00 bits per heavy atom. The molecule has 0 bridgehead atoms. The summed E-state index contributed by atoms with van der Waals surface area (Å²) >= 11 is 0. The quantitative estimate of drug-likeness (QED) is 0.591. The first-order valence-electron chi connectivity index (χ1n) is 6.73. The summed E-state index contributed by atoms with van der Waals surface area (Å²) in [5, 5.41) is 26.7. The van der Waals surface area contributed by atoms with Gasteiger partial charge < -0.3 is 20.5 Å². The van der Waals surface area contributed by atoms with Gasteiger partial charge in [-0.1, -0.05) is 12.1 Å². The van der Waals surface area contributed by atoms with E-state index in [0.29, 0.717) is 11.3 Å². The average Bonchev–Trinajstić information content (AvgIpc) is 2.54. The molecule has 2 aromatic rings. The summed E-state index contributed by atoms with van der Waals surface area (Å²) in [6, 6.07) is 9.19. The number of rotatable bonds is 3. The van der Waals surface area contributed by atoms with Crippen molar-refractivity contribution in [2.45, 2.75) is 6.17 Å². The van der Waals surface area contributed by atoms with Gasteiger partial charge in [0, 0.05) is 5.69 Å². The van der Waals surface area contributed by atoms with Crippen LogP contribution < -0.4 is 15.4 Å². The van der Waals surface area contributed by atoms with Crippen molar-refractivity contribution >= 4 is 17.3 Å². The van der Waals surface area contributed by atoms with Crippen LogP contribution in [0.3, 0.4) is 0 Å². The van der Waals surface area contributed by atoms with E-state index in [0.717, 1.165) is 6.07 Å². The van der Waals surface area contributed by atoms with Crippen molar-refractivity contribution in [2.75, 3.05) is 12.4 Å². The molecule has 8 nitrogen and oxygen atoms in total. The van der Waals surface area contributed by atoms with Gasteiger partial charge in [-0.15, -0.1) is 0 Å². The van der Waals surface area contributed by atoms with Gasteiger partial charge in [0.1, 0.15) is 6.17 Å². The zero-order valence-corrected chi connectivity index (χ0v) is 12.1. The predicted octanol–water partition coefficient (Wildman–Crippen LogP) is 2.16. The summed E-state index contributed by atoms with van der Waals surface area (Å²) in [6.45, 7) is 0. The third-order valence-corrected chi connectivity index (χ3v) is 3.58. The van der Waals surface area contributed by atoms with E-state index in [1.54, 1.807) is 24.3 Å². The fourth-order valence-electron chi connectivity index (χ4n) is 2.49. The van der Waals surface area contributed by atoms with Crippen LogP contribution in [-0.2, 0) is 0 Å². The van der Waals surface area contributed by atoms with E-state index >= 15 is 0 Å². The van der Waals surface area contributed by atoms with Gasteiger partial charge in [-0.2, -0.15) is 0 Å². The number of aromatic hydroxyl groups is 1. The topological polar surface area (TPSA) is 114 Å². The molecular weight excluding hydrogens is 302 g/mol. The van der Waals surface area contributed by atoms with Crippen LogP contribution in [0, 0.1) is 10.1 Å². The molecule has 8 heteroatoms. The van der Waals surface area contributed by atoms with E-state index in [1.165, 1.54) is 13.2 Å². The Hall–Kier alpha value is -3.29. The zero-order chi connectivity index (χ0) is 16.6. The second-order valence-electron chi connectivity index (χ2n) is 4.94. The number of hydrogen-bond donors (Lipinski definition) is 3.